The number of hydrogen-bond acceptors (Lipinski definition) is 2. The maximum absolute atomic E-state index is 3.55. The van der Waals surface area contributed by atoms with E-state index >= 15 is 0 Å². The van der Waals surface area contributed by atoms with Crippen LogP contribution in [-0.4, -0.2) is 7.05 Å². The van der Waals surface area contributed by atoms with Gasteiger partial charge in [-0.25, -0.2) is 5.43 Å². The van der Waals surface area contributed by atoms with Crippen LogP contribution in [0.4, 0.5) is 5.69 Å². The van der Waals surface area contributed by atoms with Gasteiger partial charge in [0.05, 0.1) is 11.4 Å². The molecule has 29 heavy (non-hydrogen) atoms. The first-order valence-electron chi connectivity index (χ1n) is 10.7. The van der Waals surface area contributed by atoms with Gasteiger partial charge in [-0.3, -0.25) is 5.01 Å². The van der Waals surface area contributed by atoms with Crippen LogP contribution in [0, 0.1) is 19.3 Å². The van der Waals surface area contributed by atoms with E-state index in [4.69, 9.17) is 0 Å². The third-order valence-corrected chi connectivity index (χ3v) is 7.75. The maximum atomic E-state index is 3.55. The molecular formula is C27H34N2. The number of nitrogens with zero attached hydrogens (tertiary/aromatic N) is 1. The van der Waals surface area contributed by atoms with Crippen molar-refractivity contribution in [1.29, 1.82) is 0 Å². The molecule has 0 spiro atoms. The molecule has 1 aliphatic carbocycles. The monoisotopic (exact) mass is 386 g/mol. The third-order valence-electron chi connectivity index (χ3n) is 7.75. The van der Waals surface area contributed by atoms with Crippen molar-refractivity contribution in [3.8, 4) is 11.1 Å². The van der Waals surface area contributed by atoms with Crippen LogP contribution in [0.15, 0.2) is 47.6 Å². The summed E-state index contributed by atoms with van der Waals surface area (Å²) in [5, 5.41) is 2.34. The van der Waals surface area contributed by atoms with Crippen LogP contribution in [-0.2, 0) is 5.41 Å². The number of hydrogen-bond donors (Lipinski definition) is 1. The molecule has 0 atom stereocenters. The van der Waals surface area contributed by atoms with Gasteiger partial charge in [-0.1, -0.05) is 64.1 Å². The lowest BCUT2D eigenvalue weighted by atomic mass is 9.54. The topological polar surface area (TPSA) is 15.3 Å². The van der Waals surface area contributed by atoms with Crippen molar-refractivity contribution in [1.82, 2.24) is 5.43 Å². The van der Waals surface area contributed by atoms with E-state index in [0.717, 1.165) is 0 Å². The molecule has 2 nitrogen and oxygen atoms in total. The Labute approximate surface area is 176 Å². The Morgan fingerprint density at radius 2 is 1.62 bits per heavy atom. The summed E-state index contributed by atoms with van der Waals surface area (Å²) >= 11 is 0. The SMILES string of the molecule is C/C=C(/C)C1=C2c3c(ccc(C)c3-c3cccc(C)c3N2NC)C(C)(C)C1(C)C. The van der Waals surface area contributed by atoms with Crippen molar-refractivity contribution in [2.75, 3.05) is 12.1 Å². The lowest BCUT2D eigenvalue weighted by Crippen LogP contribution is -2.48. The zero-order valence-electron chi connectivity index (χ0n) is 19.4. The minimum atomic E-state index is -0.0201. The second-order valence-corrected chi connectivity index (χ2v) is 9.66. The van der Waals surface area contributed by atoms with Crippen LogP contribution in [0.25, 0.3) is 16.8 Å². The Morgan fingerprint density at radius 1 is 0.931 bits per heavy atom. The number of hydrazine groups is 1. The molecule has 2 aliphatic rings. The normalized spacial score (nSPS) is 19.2. The van der Waals surface area contributed by atoms with Gasteiger partial charge < -0.3 is 0 Å². The molecule has 1 aliphatic heterocycles. The van der Waals surface area contributed by atoms with Gasteiger partial charge >= 0.3 is 0 Å². The number of aryl methyl sites for hydroxylation is 2. The molecule has 0 unspecified atom stereocenters. The van der Waals surface area contributed by atoms with E-state index in [1.807, 2.05) is 7.05 Å². The van der Waals surface area contributed by atoms with Crippen molar-refractivity contribution in [3.63, 3.8) is 0 Å². The van der Waals surface area contributed by atoms with E-state index < -0.39 is 0 Å². The molecule has 2 aromatic rings. The zero-order chi connectivity index (χ0) is 21.3. The standard InChI is InChI=1S/C27H34N2/c1-10-16(2)23-25-22-20(26(5,6)27(23,7)8)15-14-17(3)21(22)19-13-11-12-18(4)24(19)29(25)28-9/h10-15,28H,1-9H3/b16-10-. The molecule has 1 N–H and O–H groups in total. The largest absolute Gasteiger partial charge is 0.275 e. The fourth-order valence-electron chi connectivity index (χ4n) is 5.43. The molecule has 4 rings (SSSR count). The molecule has 2 heteroatoms. The molecule has 0 amide bonds. The number of allylic oxidation sites excluding steroid dienone is 3. The molecule has 1 heterocycles. The van der Waals surface area contributed by atoms with Gasteiger partial charge in [0.2, 0.25) is 0 Å². The summed E-state index contributed by atoms with van der Waals surface area (Å²) < 4.78 is 0. The lowest BCUT2D eigenvalue weighted by Gasteiger charge is -2.53. The van der Waals surface area contributed by atoms with Gasteiger partial charge in [-0.2, -0.15) is 0 Å². The fourth-order valence-corrected chi connectivity index (χ4v) is 5.43. The first kappa shape index (κ1) is 20.0. The second-order valence-electron chi connectivity index (χ2n) is 9.66. The lowest BCUT2D eigenvalue weighted by molar-refractivity contribution is 0.246. The quantitative estimate of drug-likeness (QED) is 0.602. The molecule has 0 saturated heterocycles. The first-order chi connectivity index (χ1) is 13.6. The molecule has 0 saturated carbocycles. The van der Waals surface area contributed by atoms with E-state index in [-0.39, 0.29) is 10.8 Å². The highest BCUT2D eigenvalue weighted by atomic mass is 15.5. The molecule has 0 fully saturated rings. The number of benzene rings is 2. The van der Waals surface area contributed by atoms with Crippen molar-refractivity contribution in [2.24, 2.45) is 5.41 Å². The van der Waals surface area contributed by atoms with Gasteiger partial charge in [0.1, 0.15) is 0 Å². The number of para-hydroxylation sites is 1. The number of anilines is 1. The Balaban J connectivity index is 2.31. The molecular weight excluding hydrogens is 352 g/mol. The van der Waals surface area contributed by atoms with Crippen LogP contribution in [0.2, 0.25) is 0 Å². The van der Waals surface area contributed by atoms with E-state index in [1.165, 1.54) is 55.9 Å². The van der Waals surface area contributed by atoms with Crippen molar-refractivity contribution >= 4 is 11.4 Å². The average Bonchev–Trinajstić information content (AvgIpc) is 2.67. The van der Waals surface area contributed by atoms with E-state index in [1.54, 1.807) is 0 Å². The van der Waals surface area contributed by atoms with Crippen LogP contribution >= 0.6 is 0 Å². The summed E-state index contributed by atoms with van der Waals surface area (Å²) in [4.78, 5) is 0. The smallest absolute Gasteiger partial charge is 0.0700 e. The Bertz CT molecular complexity index is 1080. The third kappa shape index (κ3) is 2.39. The summed E-state index contributed by atoms with van der Waals surface area (Å²) in [5.41, 5.74) is 17.1. The minimum absolute atomic E-state index is 0.00856. The van der Waals surface area contributed by atoms with E-state index in [2.05, 4.69) is 102 Å². The van der Waals surface area contributed by atoms with Crippen LogP contribution in [0.1, 0.15) is 63.8 Å². The highest BCUT2D eigenvalue weighted by Crippen LogP contribution is 2.61. The number of nitrogens with one attached hydrogen (secondary N) is 1. The summed E-state index contributed by atoms with van der Waals surface area (Å²) in [6, 6.07) is 11.4. The van der Waals surface area contributed by atoms with Crippen LogP contribution in [0.5, 0.6) is 0 Å². The molecule has 0 aromatic heterocycles. The zero-order valence-corrected chi connectivity index (χ0v) is 19.4. The van der Waals surface area contributed by atoms with E-state index in [9.17, 15) is 0 Å². The van der Waals surface area contributed by atoms with Gasteiger partial charge in [-0.15, -0.1) is 0 Å². The highest BCUT2D eigenvalue weighted by Gasteiger charge is 2.50. The fraction of sp³-hybridized carbons (Fsp3) is 0.407. The maximum Gasteiger partial charge on any atom is 0.0700 e. The van der Waals surface area contributed by atoms with E-state index in [0.29, 0.717) is 0 Å². The molecule has 0 bridgehead atoms. The van der Waals surface area contributed by atoms with Crippen molar-refractivity contribution in [2.45, 2.75) is 60.8 Å². The van der Waals surface area contributed by atoms with Crippen LogP contribution < -0.4 is 10.4 Å². The predicted octanol–water partition coefficient (Wildman–Crippen LogP) is 6.92. The summed E-state index contributed by atoms with van der Waals surface area (Å²) in [5.74, 6) is 0. The van der Waals surface area contributed by atoms with Gasteiger partial charge in [0, 0.05) is 23.6 Å². The van der Waals surface area contributed by atoms with Gasteiger partial charge in [-0.05, 0) is 66.5 Å². The predicted molar refractivity (Wildman–Crippen MR) is 126 cm³/mol. The number of rotatable bonds is 2. The van der Waals surface area contributed by atoms with Crippen molar-refractivity contribution < 1.29 is 0 Å². The molecule has 0 radical (unpaired) electrons. The minimum Gasteiger partial charge on any atom is -0.275 e. The van der Waals surface area contributed by atoms with Gasteiger partial charge in [0.25, 0.3) is 0 Å². The summed E-state index contributed by atoms with van der Waals surface area (Å²) in [6.07, 6.45) is 2.27. The summed E-state index contributed by atoms with van der Waals surface area (Å²) in [7, 11) is 2.04. The highest BCUT2D eigenvalue weighted by molar-refractivity contribution is 6.04. The Kier molecular flexibility index (Phi) is 4.36. The van der Waals surface area contributed by atoms with Crippen molar-refractivity contribution in [3.05, 3.63) is 69.8 Å². The Hall–Kier alpha value is -2.32. The van der Waals surface area contributed by atoms with Gasteiger partial charge in [0.15, 0.2) is 0 Å². The molecule has 152 valence electrons. The number of fused-ring (bicyclic) bond motifs is 2. The first-order valence-corrected chi connectivity index (χ1v) is 10.7. The average molecular weight is 387 g/mol. The second kappa shape index (κ2) is 6.34. The summed E-state index contributed by atoms with van der Waals surface area (Å²) in [6.45, 7) is 18.5. The molecule has 2 aromatic carbocycles. The Morgan fingerprint density at radius 3 is 2.24 bits per heavy atom. The van der Waals surface area contributed by atoms with Crippen LogP contribution in [0.3, 0.4) is 0 Å².